The summed E-state index contributed by atoms with van der Waals surface area (Å²) < 4.78 is 19.5. The monoisotopic (exact) mass is 307 g/mol. The predicted molar refractivity (Wildman–Crippen MR) is 84.1 cm³/mol. The molecule has 5 heteroatoms. The largest absolute Gasteiger partial charge is 0.443 e. The molecule has 1 amide bonds. The van der Waals surface area contributed by atoms with Crippen molar-refractivity contribution >= 4 is 18.1 Å². The van der Waals surface area contributed by atoms with Gasteiger partial charge in [-0.25, -0.2) is 9.18 Å². The number of allylic oxidation sites excluding steroid dienone is 1. The van der Waals surface area contributed by atoms with Crippen LogP contribution in [0.3, 0.4) is 0 Å². The zero-order chi connectivity index (χ0) is 16.9. The van der Waals surface area contributed by atoms with E-state index >= 15 is 0 Å². The topological polar surface area (TPSA) is 46.6 Å². The molecule has 0 N–H and O–H groups in total. The molecule has 22 heavy (non-hydrogen) atoms. The molecular weight excluding hydrogens is 285 g/mol. The lowest BCUT2D eigenvalue weighted by Crippen LogP contribution is -2.33. The highest BCUT2D eigenvalue weighted by Crippen LogP contribution is 2.24. The highest BCUT2D eigenvalue weighted by atomic mass is 19.1. The number of benzene rings is 1. The molecule has 0 bridgehead atoms. The molecule has 0 aliphatic heterocycles. The standard InChI is InChI=1S/C17H22FNO3/c1-6-7-15(19(5)16(21)22-17(2,3)4)13-9-8-12(11-20)10-14(13)18/h7-11H,6H2,1-5H3/b15-7-. The first kappa shape index (κ1) is 17.9. The van der Waals surface area contributed by atoms with Crippen molar-refractivity contribution in [1.82, 2.24) is 4.90 Å². The minimum absolute atomic E-state index is 0.247. The molecule has 0 aliphatic rings. The summed E-state index contributed by atoms with van der Waals surface area (Å²) in [4.78, 5) is 24.1. The van der Waals surface area contributed by atoms with Crippen LogP contribution in [0.2, 0.25) is 0 Å². The van der Waals surface area contributed by atoms with E-state index in [1.165, 1.54) is 24.1 Å². The smallest absolute Gasteiger partial charge is 0.414 e. The normalized spacial score (nSPS) is 12.0. The van der Waals surface area contributed by atoms with Gasteiger partial charge in [0.1, 0.15) is 17.7 Å². The van der Waals surface area contributed by atoms with Crippen molar-refractivity contribution in [2.45, 2.75) is 39.7 Å². The lowest BCUT2D eigenvalue weighted by molar-refractivity contribution is 0.0387. The molecule has 1 rings (SSSR count). The summed E-state index contributed by atoms with van der Waals surface area (Å²) in [5.41, 5.74) is 0.271. The molecule has 0 saturated carbocycles. The van der Waals surface area contributed by atoms with E-state index in [-0.39, 0.29) is 11.1 Å². The fraction of sp³-hybridized carbons (Fsp3) is 0.412. The summed E-state index contributed by atoms with van der Waals surface area (Å²) in [6.07, 6.45) is 2.37. The van der Waals surface area contributed by atoms with Crippen LogP contribution in [0.5, 0.6) is 0 Å². The molecule has 0 fully saturated rings. The summed E-state index contributed by atoms with van der Waals surface area (Å²) in [7, 11) is 1.53. The predicted octanol–water partition coefficient (Wildman–Crippen LogP) is 4.26. The first-order valence-electron chi connectivity index (χ1n) is 7.11. The fourth-order valence-corrected chi connectivity index (χ4v) is 1.86. The van der Waals surface area contributed by atoms with Gasteiger partial charge in [0.05, 0.1) is 5.70 Å². The van der Waals surface area contributed by atoms with E-state index in [0.29, 0.717) is 18.4 Å². The second-order valence-electron chi connectivity index (χ2n) is 5.89. The number of hydrogen-bond acceptors (Lipinski definition) is 3. The summed E-state index contributed by atoms with van der Waals surface area (Å²) in [5.74, 6) is -0.556. The van der Waals surface area contributed by atoms with E-state index in [2.05, 4.69) is 0 Å². The quantitative estimate of drug-likeness (QED) is 0.781. The number of aldehydes is 1. The van der Waals surface area contributed by atoms with Crippen molar-refractivity contribution in [3.8, 4) is 0 Å². The highest BCUT2D eigenvalue weighted by molar-refractivity contribution is 5.83. The van der Waals surface area contributed by atoms with Gasteiger partial charge in [-0.2, -0.15) is 0 Å². The zero-order valence-corrected chi connectivity index (χ0v) is 13.6. The van der Waals surface area contributed by atoms with E-state index in [9.17, 15) is 14.0 Å². The summed E-state index contributed by atoms with van der Waals surface area (Å²) >= 11 is 0. The van der Waals surface area contributed by atoms with Crippen LogP contribution in [-0.2, 0) is 4.74 Å². The van der Waals surface area contributed by atoms with Crippen molar-refractivity contribution < 1.29 is 18.7 Å². The Balaban J connectivity index is 3.16. The molecule has 0 heterocycles. The summed E-state index contributed by atoms with van der Waals surface area (Å²) in [6, 6.07) is 4.15. The van der Waals surface area contributed by atoms with Crippen molar-refractivity contribution in [2.75, 3.05) is 7.05 Å². The Morgan fingerprint density at radius 3 is 2.45 bits per heavy atom. The van der Waals surface area contributed by atoms with Crippen molar-refractivity contribution in [3.63, 3.8) is 0 Å². The van der Waals surface area contributed by atoms with Gasteiger partial charge in [-0.05, 0) is 39.3 Å². The third kappa shape index (κ3) is 4.69. The van der Waals surface area contributed by atoms with Gasteiger partial charge in [0.25, 0.3) is 0 Å². The van der Waals surface area contributed by atoms with E-state index < -0.39 is 17.5 Å². The number of ether oxygens (including phenoxy) is 1. The number of carbonyl (C=O) groups excluding carboxylic acids is 2. The number of carbonyl (C=O) groups is 2. The van der Waals surface area contributed by atoms with Crippen LogP contribution in [-0.4, -0.2) is 29.9 Å². The molecule has 0 atom stereocenters. The number of amides is 1. The molecule has 0 spiro atoms. The molecule has 0 unspecified atom stereocenters. The Morgan fingerprint density at radius 2 is 2.00 bits per heavy atom. The third-order valence-corrected chi connectivity index (χ3v) is 2.83. The second-order valence-corrected chi connectivity index (χ2v) is 5.89. The Kier molecular flexibility index (Phi) is 5.85. The highest BCUT2D eigenvalue weighted by Gasteiger charge is 2.23. The van der Waals surface area contributed by atoms with E-state index in [0.717, 1.165) is 6.07 Å². The minimum atomic E-state index is -0.636. The summed E-state index contributed by atoms with van der Waals surface area (Å²) in [5, 5.41) is 0. The molecule has 120 valence electrons. The van der Waals surface area contributed by atoms with Gasteiger partial charge in [-0.3, -0.25) is 9.69 Å². The number of nitrogens with zero attached hydrogens (tertiary/aromatic N) is 1. The van der Waals surface area contributed by atoms with Gasteiger partial charge in [0.15, 0.2) is 0 Å². The SMILES string of the molecule is CC/C=C(/c1ccc(C=O)cc1F)N(C)C(=O)OC(C)(C)C. The third-order valence-electron chi connectivity index (χ3n) is 2.83. The Morgan fingerprint density at radius 1 is 1.36 bits per heavy atom. The van der Waals surface area contributed by atoms with Crippen LogP contribution >= 0.6 is 0 Å². The molecule has 1 aromatic carbocycles. The number of halogens is 1. The van der Waals surface area contributed by atoms with E-state index in [1.54, 1.807) is 26.8 Å². The van der Waals surface area contributed by atoms with Gasteiger partial charge >= 0.3 is 6.09 Å². The average Bonchev–Trinajstić information content (AvgIpc) is 2.42. The van der Waals surface area contributed by atoms with Crippen molar-refractivity contribution in [3.05, 3.63) is 41.2 Å². The van der Waals surface area contributed by atoms with Crippen LogP contribution in [0.25, 0.3) is 5.70 Å². The summed E-state index contributed by atoms with van der Waals surface area (Å²) in [6.45, 7) is 7.19. The van der Waals surface area contributed by atoms with E-state index in [4.69, 9.17) is 4.74 Å². The Bertz CT molecular complexity index is 588. The van der Waals surface area contributed by atoms with Crippen molar-refractivity contribution in [2.24, 2.45) is 0 Å². The fourth-order valence-electron chi connectivity index (χ4n) is 1.86. The van der Waals surface area contributed by atoms with Gasteiger partial charge in [0, 0.05) is 18.2 Å². The van der Waals surface area contributed by atoms with Gasteiger partial charge < -0.3 is 4.74 Å². The van der Waals surface area contributed by atoms with Gasteiger partial charge in [-0.1, -0.05) is 19.1 Å². The molecule has 1 aromatic rings. The number of rotatable bonds is 4. The maximum absolute atomic E-state index is 14.2. The molecular formula is C17H22FNO3. The van der Waals surface area contributed by atoms with Crippen LogP contribution in [0.15, 0.2) is 24.3 Å². The average molecular weight is 307 g/mol. The van der Waals surface area contributed by atoms with Crippen LogP contribution in [0.4, 0.5) is 9.18 Å². The first-order chi connectivity index (χ1) is 10.2. The van der Waals surface area contributed by atoms with Gasteiger partial charge in [-0.15, -0.1) is 0 Å². The van der Waals surface area contributed by atoms with Crippen LogP contribution in [0.1, 0.15) is 50.0 Å². The Hall–Kier alpha value is -2.17. The molecule has 0 radical (unpaired) electrons. The molecule has 0 saturated heterocycles. The molecule has 4 nitrogen and oxygen atoms in total. The molecule has 0 aliphatic carbocycles. The maximum atomic E-state index is 14.2. The van der Waals surface area contributed by atoms with Crippen molar-refractivity contribution in [1.29, 1.82) is 0 Å². The molecule has 0 aromatic heterocycles. The minimum Gasteiger partial charge on any atom is -0.443 e. The van der Waals surface area contributed by atoms with Gasteiger partial charge in [0.2, 0.25) is 0 Å². The lowest BCUT2D eigenvalue weighted by atomic mass is 10.1. The maximum Gasteiger partial charge on any atom is 0.414 e. The second kappa shape index (κ2) is 7.20. The zero-order valence-electron chi connectivity index (χ0n) is 13.6. The lowest BCUT2D eigenvalue weighted by Gasteiger charge is -2.26. The van der Waals surface area contributed by atoms with Crippen LogP contribution in [0, 0.1) is 5.82 Å². The number of hydrogen-bond donors (Lipinski definition) is 0. The van der Waals surface area contributed by atoms with E-state index in [1.807, 2.05) is 6.92 Å². The van der Waals surface area contributed by atoms with Crippen LogP contribution < -0.4 is 0 Å². The first-order valence-corrected chi connectivity index (χ1v) is 7.11. The Labute approximate surface area is 130 Å².